The molecule has 21 heavy (non-hydrogen) atoms. The predicted octanol–water partition coefficient (Wildman–Crippen LogP) is -1.34. The third-order valence-electron chi connectivity index (χ3n) is 2.59. The Morgan fingerprint density at radius 1 is 1.14 bits per heavy atom. The second-order valence-corrected chi connectivity index (χ2v) is 6.22. The fourth-order valence-corrected chi connectivity index (χ4v) is 1.96. The van der Waals surface area contributed by atoms with Gasteiger partial charge in [0.2, 0.25) is 15.9 Å². The molecule has 0 bridgehead atoms. The highest BCUT2D eigenvalue weighted by molar-refractivity contribution is 7.89. The van der Waals surface area contributed by atoms with Gasteiger partial charge in [-0.1, -0.05) is 0 Å². The van der Waals surface area contributed by atoms with Gasteiger partial charge in [-0.05, 0) is 31.3 Å². The van der Waals surface area contributed by atoms with Crippen LogP contribution in [0.15, 0.2) is 24.3 Å². The molecule has 0 aliphatic heterocycles. The van der Waals surface area contributed by atoms with Gasteiger partial charge in [0, 0.05) is 17.8 Å². The Hall–Kier alpha value is -2.13. The monoisotopic (exact) mass is 314 g/mol. The van der Waals surface area contributed by atoms with E-state index >= 15 is 0 Å². The highest BCUT2D eigenvalue weighted by atomic mass is 32.2. The second-order valence-electron chi connectivity index (χ2n) is 4.18. The van der Waals surface area contributed by atoms with Crippen LogP contribution in [0.4, 0.5) is 5.69 Å². The number of benzene rings is 1. The summed E-state index contributed by atoms with van der Waals surface area (Å²) in [4.78, 5) is 23.1. The maximum atomic E-state index is 11.7. The van der Waals surface area contributed by atoms with Gasteiger partial charge >= 0.3 is 0 Å². The molecule has 0 fully saturated rings. The molecule has 0 unspecified atom stereocenters. The molecule has 116 valence electrons. The summed E-state index contributed by atoms with van der Waals surface area (Å²) in [6.07, 6.45) is 0. The summed E-state index contributed by atoms with van der Waals surface area (Å²) in [6.45, 7) is -0.261. The summed E-state index contributed by atoms with van der Waals surface area (Å²) in [7, 11) is -2.06. The lowest BCUT2D eigenvalue weighted by atomic mass is 10.2. The number of nitrogen functional groups attached to an aromatic ring is 1. The summed E-state index contributed by atoms with van der Waals surface area (Å²) in [6, 6.07) is 6.25. The van der Waals surface area contributed by atoms with Crippen LogP contribution in [0, 0.1) is 0 Å². The average molecular weight is 314 g/mol. The molecule has 5 N–H and O–H groups in total. The Morgan fingerprint density at radius 3 is 2.33 bits per heavy atom. The van der Waals surface area contributed by atoms with E-state index in [4.69, 9.17) is 5.73 Å². The number of anilines is 1. The van der Waals surface area contributed by atoms with Gasteiger partial charge in [0.25, 0.3) is 5.91 Å². The molecule has 9 heteroatoms. The van der Waals surface area contributed by atoms with E-state index in [0.29, 0.717) is 11.3 Å². The van der Waals surface area contributed by atoms with Gasteiger partial charge in [-0.3, -0.25) is 9.59 Å². The minimum absolute atomic E-state index is 0.0280. The summed E-state index contributed by atoms with van der Waals surface area (Å²) in [5, 5.41) is 4.82. The molecule has 0 spiro atoms. The largest absolute Gasteiger partial charge is 0.399 e. The zero-order valence-electron chi connectivity index (χ0n) is 11.5. The Bertz CT molecular complexity index is 598. The van der Waals surface area contributed by atoms with Crippen molar-refractivity contribution in [2.75, 3.05) is 31.6 Å². The Kier molecular flexibility index (Phi) is 6.12. The quantitative estimate of drug-likeness (QED) is 0.463. The third kappa shape index (κ3) is 6.23. The van der Waals surface area contributed by atoms with E-state index in [0.717, 1.165) is 0 Å². The van der Waals surface area contributed by atoms with Crippen LogP contribution >= 0.6 is 0 Å². The molecule has 1 aromatic rings. The standard InChI is InChI=1S/C12H18N4O4S/c1-14-21(19,20)7-6-15-11(17)8-16-12(18)9-2-4-10(13)5-3-9/h2-5,14H,6-8,13H2,1H3,(H,15,17)(H,16,18). The number of rotatable bonds is 7. The van der Waals surface area contributed by atoms with Crippen molar-refractivity contribution in [3.63, 3.8) is 0 Å². The fraction of sp³-hybridized carbons (Fsp3) is 0.333. The first kappa shape index (κ1) is 16.9. The van der Waals surface area contributed by atoms with Crippen LogP contribution < -0.4 is 21.1 Å². The van der Waals surface area contributed by atoms with Gasteiger partial charge < -0.3 is 16.4 Å². The number of carbonyl (C=O) groups is 2. The molecule has 2 amide bonds. The highest BCUT2D eigenvalue weighted by Gasteiger charge is 2.10. The molecule has 0 atom stereocenters. The number of nitrogens with two attached hydrogens (primary N) is 1. The molecule has 0 aromatic heterocycles. The van der Waals surface area contributed by atoms with Crippen molar-refractivity contribution >= 4 is 27.5 Å². The van der Waals surface area contributed by atoms with Gasteiger partial charge in [0.15, 0.2) is 0 Å². The molecule has 0 aliphatic carbocycles. The Balaban J connectivity index is 2.33. The zero-order valence-corrected chi connectivity index (χ0v) is 12.4. The SMILES string of the molecule is CNS(=O)(=O)CCNC(=O)CNC(=O)c1ccc(N)cc1. The second kappa shape index (κ2) is 7.60. The van der Waals surface area contributed by atoms with E-state index < -0.39 is 21.8 Å². The lowest BCUT2D eigenvalue weighted by molar-refractivity contribution is -0.120. The maximum Gasteiger partial charge on any atom is 0.251 e. The van der Waals surface area contributed by atoms with Crippen molar-refractivity contribution in [1.29, 1.82) is 0 Å². The van der Waals surface area contributed by atoms with Crippen LogP contribution in [0.5, 0.6) is 0 Å². The molecule has 0 heterocycles. The lowest BCUT2D eigenvalue weighted by Crippen LogP contribution is -2.39. The Morgan fingerprint density at radius 2 is 1.76 bits per heavy atom. The third-order valence-corrected chi connectivity index (χ3v) is 3.95. The van der Waals surface area contributed by atoms with Crippen molar-refractivity contribution in [2.24, 2.45) is 0 Å². The minimum atomic E-state index is -3.36. The van der Waals surface area contributed by atoms with Crippen LogP contribution in [0.3, 0.4) is 0 Å². The molecule has 0 aliphatic rings. The number of carbonyl (C=O) groups excluding carboxylic acids is 2. The van der Waals surface area contributed by atoms with Crippen LogP contribution in [-0.2, 0) is 14.8 Å². The number of hydrogen-bond donors (Lipinski definition) is 4. The molecular weight excluding hydrogens is 296 g/mol. The molecule has 0 radical (unpaired) electrons. The van der Waals surface area contributed by atoms with Gasteiger partial charge in [0.1, 0.15) is 0 Å². The Labute approximate surface area is 123 Å². The fourth-order valence-electron chi connectivity index (χ4n) is 1.39. The summed E-state index contributed by atoms with van der Waals surface area (Å²) < 4.78 is 24.4. The van der Waals surface area contributed by atoms with E-state index in [-0.39, 0.29) is 18.8 Å². The van der Waals surface area contributed by atoms with Gasteiger partial charge in [-0.2, -0.15) is 0 Å². The van der Waals surface area contributed by atoms with Crippen molar-refractivity contribution in [3.05, 3.63) is 29.8 Å². The van der Waals surface area contributed by atoms with Crippen LogP contribution in [0.25, 0.3) is 0 Å². The van der Waals surface area contributed by atoms with Crippen LogP contribution in [0.1, 0.15) is 10.4 Å². The predicted molar refractivity (Wildman–Crippen MR) is 79.0 cm³/mol. The van der Waals surface area contributed by atoms with E-state index in [1.165, 1.54) is 7.05 Å². The van der Waals surface area contributed by atoms with Gasteiger partial charge in [-0.15, -0.1) is 0 Å². The molecule has 8 nitrogen and oxygen atoms in total. The normalized spacial score (nSPS) is 10.9. The first-order valence-electron chi connectivity index (χ1n) is 6.16. The number of nitrogens with one attached hydrogen (secondary N) is 3. The van der Waals surface area contributed by atoms with Crippen molar-refractivity contribution in [2.45, 2.75) is 0 Å². The number of amides is 2. The van der Waals surface area contributed by atoms with Crippen LogP contribution in [0.2, 0.25) is 0 Å². The zero-order chi connectivity index (χ0) is 15.9. The minimum Gasteiger partial charge on any atom is -0.399 e. The summed E-state index contributed by atoms with van der Waals surface area (Å²) in [5.74, 6) is -1.10. The van der Waals surface area contributed by atoms with Gasteiger partial charge in [0.05, 0.1) is 12.3 Å². The highest BCUT2D eigenvalue weighted by Crippen LogP contribution is 2.04. The van der Waals surface area contributed by atoms with Crippen molar-refractivity contribution in [3.8, 4) is 0 Å². The molecule has 0 saturated heterocycles. The van der Waals surface area contributed by atoms with E-state index in [1.54, 1.807) is 24.3 Å². The topological polar surface area (TPSA) is 130 Å². The van der Waals surface area contributed by atoms with Crippen molar-refractivity contribution in [1.82, 2.24) is 15.4 Å². The van der Waals surface area contributed by atoms with E-state index in [9.17, 15) is 18.0 Å². The molecular formula is C12H18N4O4S. The van der Waals surface area contributed by atoms with E-state index in [2.05, 4.69) is 15.4 Å². The van der Waals surface area contributed by atoms with Gasteiger partial charge in [-0.25, -0.2) is 13.1 Å². The molecule has 1 aromatic carbocycles. The summed E-state index contributed by atoms with van der Waals surface area (Å²) in [5.41, 5.74) is 6.42. The first-order valence-corrected chi connectivity index (χ1v) is 7.81. The molecule has 0 saturated carbocycles. The first-order chi connectivity index (χ1) is 9.84. The maximum absolute atomic E-state index is 11.7. The smallest absolute Gasteiger partial charge is 0.251 e. The lowest BCUT2D eigenvalue weighted by Gasteiger charge is -2.07. The van der Waals surface area contributed by atoms with Crippen molar-refractivity contribution < 1.29 is 18.0 Å². The molecule has 1 rings (SSSR count). The average Bonchev–Trinajstić information content (AvgIpc) is 2.45. The number of hydrogen-bond acceptors (Lipinski definition) is 5. The van der Waals surface area contributed by atoms with E-state index in [1.807, 2.05) is 0 Å². The number of sulfonamides is 1. The van der Waals surface area contributed by atoms with Crippen LogP contribution in [-0.4, -0.2) is 46.1 Å². The summed E-state index contributed by atoms with van der Waals surface area (Å²) >= 11 is 0.